The summed E-state index contributed by atoms with van der Waals surface area (Å²) in [6, 6.07) is 14.8. The lowest BCUT2D eigenvalue weighted by molar-refractivity contribution is 0.0383. The van der Waals surface area contributed by atoms with Gasteiger partial charge in [0.15, 0.2) is 11.5 Å². The number of hydrogen-bond acceptors (Lipinski definition) is 11. The lowest BCUT2D eigenvalue weighted by Gasteiger charge is -2.26. The van der Waals surface area contributed by atoms with Gasteiger partial charge in [-0.15, -0.1) is 0 Å². The molecule has 52 heavy (non-hydrogen) atoms. The first-order valence-corrected chi connectivity index (χ1v) is 18.0. The van der Waals surface area contributed by atoms with Gasteiger partial charge in [-0.2, -0.15) is 9.78 Å². The zero-order valence-corrected chi connectivity index (χ0v) is 30.6. The molecule has 1 aromatic carbocycles. The molecule has 0 unspecified atom stereocenters. The number of rotatable bonds is 13. The van der Waals surface area contributed by atoms with E-state index in [1.165, 1.54) is 0 Å². The zero-order chi connectivity index (χ0) is 36.5. The topological polar surface area (TPSA) is 151 Å². The number of nitrogens with zero attached hydrogens (tertiary/aromatic N) is 6. The Morgan fingerprint density at radius 3 is 2.19 bits per heavy atom. The van der Waals surface area contributed by atoms with E-state index in [4.69, 9.17) is 14.6 Å². The lowest BCUT2D eigenvalue weighted by atomic mass is 9.91. The number of nitrogens with one attached hydrogen (secondary N) is 4. The minimum absolute atomic E-state index is 0.188. The van der Waals surface area contributed by atoms with E-state index in [1.807, 2.05) is 43.3 Å². The molecular formula is C38H50N10O4. The second kappa shape index (κ2) is 17.1. The minimum Gasteiger partial charge on any atom is -0.384 e. The molecule has 0 atom stereocenters. The first kappa shape index (κ1) is 36.9. The number of pyridine rings is 2. The first-order valence-electron chi connectivity index (χ1n) is 18.0. The average molecular weight is 711 g/mol. The zero-order valence-electron chi connectivity index (χ0n) is 30.6. The predicted molar refractivity (Wildman–Crippen MR) is 202 cm³/mol. The standard InChI is InChI=1S/C38H50N10O4/c1-27-5-6-30(43-36(49)28-7-9-40-33(23-28)38(2,3)4)24-31(27)44-35-26-32(37(50)42-12-14-47-17-21-52-22-18-47)45-48(35)34-25-29(8-10-41-34)39-11-13-46-15-19-51-20-16-46/h5-10,23-26,44H,11-22H2,1-4H3,(H,39,41)(H,42,50)(H,43,49). The molecule has 4 N–H and O–H groups in total. The monoisotopic (exact) mass is 710 g/mol. The molecule has 0 saturated carbocycles. The van der Waals surface area contributed by atoms with Crippen LogP contribution in [0.2, 0.25) is 0 Å². The number of amides is 2. The molecule has 6 rings (SSSR count). The predicted octanol–water partition coefficient (Wildman–Crippen LogP) is 4.07. The van der Waals surface area contributed by atoms with Gasteiger partial charge in [-0.1, -0.05) is 26.8 Å². The molecular weight excluding hydrogens is 660 g/mol. The Kier molecular flexibility index (Phi) is 12.1. The Labute approximate surface area is 305 Å². The van der Waals surface area contributed by atoms with Crippen molar-refractivity contribution in [2.24, 2.45) is 0 Å². The van der Waals surface area contributed by atoms with Crippen molar-refractivity contribution in [1.29, 1.82) is 0 Å². The van der Waals surface area contributed by atoms with Crippen LogP contribution in [0.3, 0.4) is 0 Å². The van der Waals surface area contributed by atoms with Crippen LogP contribution in [0.4, 0.5) is 22.9 Å². The Balaban J connectivity index is 1.21. The van der Waals surface area contributed by atoms with E-state index in [2.05, 4.69) is 61.8 Å². The quantitative estimate of drug-likeness (QED) is 0.159. The second-order valence-electron chi connectivity index (χ2n) is 14.1. The molecule has 2 amide bonds. The van der Waals surface area contributed by atoms with Crippen LogP contribution in [0.15, 0.2) is 60.9 Å². The van der Waals surface area contributed by atoms with Crippen molar-refractivity contribution in [2.75, 3.05) is 94.7 Å². The number of benzene rings is 1. The molecule has 2 fully saturated rings. The fourth-order valence-corrected chi connectivity index (χ4v) is 5.98. The number of morpholine rings is 2. The van der Waals surface area contributed by atoms with Gasteiger partial charge in [0.1, 0.15) is 5.82 Å². The second-order valence-corrected chi connectivity index (χ2v) is 14.1. The fraction of sp³-hybridized carbons (Fsp3) is 0.447. The maximum Gasteiger partial charge on any atom is 0.271 e. The molecule has 5 heterocycles. The van der Waals surface area contributed by atoms with Crippen molar-refractivity contribution in [2.45, 2.75) is 33.1 Å². The molecule has 14 heteroatoms. The summed E-state index contributed by atoms with van der Waals surface area (Å²) in [6.07, 6.45) is 3.39. The molecule has 0 spiro atoms. The van der Waals surface area contributed by atoms with Gasteiger partial charge in [0.05, 0.1) is 26.4 Å². The lowest BCUT2D eigenvalue weighted by Crippen LogP contribution is -2.41. The molecule has 0 bridgehead atoms. The normalized spacial score (nSPS) is 15.6. The number of carbonyl (C=O) groups excluding carboxylic acids is 2. The summed E-state index contributed by atoms with van der Waals surface area (Å²) in [5.41, 5.74) is 4.62. The van der Waals surface area contributed by atoms with Crippen LogP contribution in [0.1, 0.15) is 52.9 Å². The minimum atomic E-state index is -0.278. The van der Waals surface area contributed by atoms with Gasteiger partial charge in [0.2, 0.25) is 0 Å². The third-order valence-electron chi connectivity index (χ3n) is 9.13. The average Bonchev–Trinajstić information content (AvgIpc) is 3.57. The van der Waals surface area contributed by atoms with Crippen LogP contribution >= 0.6 is 0 Å². The highest BCUT2D eigenvalue weighted by Gasteiger charge is 2.20. The van der Waals surface area contributed by atoms with E-state index in [1.54, 1.807) is 29.2 Å². The van der Waals surface area contributed by atoms with Gasteiger partial charge in [0, 0.05) is 111 Å². The van der Waals surface area contributed by atoms with Crippen molar-refractivity contribution in [3.05, 3.63) is 83.4 Å². The Morgan fingerprint density at radius 1 is 0.788 bits per heavy atom. The molecule has 276 valence electrons. The van der Waals surface area contributed by atoms with Crippen LogP contribution in [0.25, 0.3) is 5.82 Å². The van der Waals surface area contributed by atoms with E-state index in [0.717, 1.165) is 81.7 Å². The van der Waals surface area contributed by atoms with Gasteiger partial charge < -0.3 is 30.7 Å². The number of aromatic nitrogens is 4. The van der Waals surface area contributed by atoms with E-state index in [0.29, 0.717) is 42.6 Å². The van der Waals surface area contributed by atoms with E-state index < -0.39 is 0 Å². The molecule has 2 saturated heterocycles. The highest BCUT2D eigenvalue weighted by Crippen LogP contribution is 2.28. The number of hydrogen-bond donors (Lipinski definition) is 4. The van der Waals surface area contributed by atoms with Crippen LogP contribution in [0, 0.1) is 6.92 Å². The van der Waals surface area contributed by atoms with Crippen LogP contribution in [-0.4, -0.2) is 120 Å². The van der Waals surface area contributed by atoms with E-state index in [-0.39, 0.29) is 22.9 Å². The smallest absolute Gasteiger partial charge is 0.271 e. The van der Waals surface area contributed by atoms with E-state index >= 15 is 0 Å². The molecule has 14 nitrogen and oxygen atoms in total. The molecule has 3 aromatic heterocycles. The SMILES string of the molecule is Cc1ccc(NC(=O)c2ccnc(C(C)(C)C)c2)cc1Nc1cc(C(=O)NCCN2CCOCC2)nn1-c1cc(NCCN2CCOCC2)ccn1. The summed E-state index contributed by atoms with van der Waals surface area (Å²) < 4.78 is 12.6. The molecule has 4 aromatic rings. The van der Waals surface area contributed by atoms with Crippen LogP contribution in [-0.2, 0) is 14.9 Å². The van der Waals surface area contributed by atoms with Crippen molar-refractivity contribution >= 4 is 34.7 Å². The highest BCUT2D eigenvalue weighted by molar-refractivity contribution is 6.04. The first-order chi connectivity index (χ1) is 25.1. The number of aryl methyl sites for hydroxylation is 1. The van der Waals surface area contributed by atoms with Crippen LogP contribution in [0.5, 0.6) is 0 Å². The molecule has 0 aliphatic carbocycles. The summed E-state index contributed by atoms with van der Waals surface area (Å²) in [5, 5.41) is 17.7. The van der Waals surface area contributed by atoms with Gasteiger partial charge in [0.25, 0.3) is 11.8 Å². The van der Waals surface area contributed by atoms with Crippen LogP contribution < -0.4 is 21.3 Å². The van der Waals surface area contributed by atoms with Crippen molar-refractivity contribution in [3.63, 3.8) is 0 Å². The van der Waals surface area contributed by atoms with Gasteiger partial charge in [-0.05, 0) is 42.8 Å². The Morgan fingerprint density at radius 2 is 1.48 bits per heavy atom. The van der Waals surface area contributed by atoms with E-state index in [9.17, 15) is 9.59 Å². The van der Waals surface area contributed by atoms with Crippen molar-refractivity contribution in [3.8, 4) is 5.82 Å². The van der Waals surface area contributed by atoms with Gasteiger partial charge >= 0.3 is 0 Å². The summed E-state index contributed by atoms with van der Waals surface area (Å²) in [6.45, 7) is 17.5. The molecule has 2 aliphatic heterocycles. The Hall–Kier alpha value is -4.89. The highest BCUT2D eigenvalue weighted by atomic mass is 16.5. The maximum atomic E-state index is 13.4. The maximum absolute atomic E-state index is 13.4. The number of anilines is 4. The summed E-state index contributed by atoms with van der Waals surface area (Å²) in [5.74, 6) is 0.581. The summed E-state index contributed by atoms with van der Waals surface area (Å²) >= 11 is 0. The third-order valence-corrected chi connectivity index (χ3v) is 9.13. The van der Waals surface area contributed by atoms with Gasteiger partial charge in [-0.25, -0.2) is 4.98 Å². The van der Waals surface area contributed by atoms with Crippen molar-refractivity contribution < 1.29 is 19.1 Å². The molecule has 2 aliphatic rings. The largest absolute Gasteiger partial charge is 0.384 e. The summed E-state index contributed by atoms with van der Waals surface area (Å²) in [7, 11) is 0. The third kappa shape index (κ3) is 9.91. The summed E-state index contributed by atoms with van der Waals surface area (Å²) in [4.78, 5) is 40.4. The Bertz CT molecular complexity index is 1830. The van der Waals surface area contributed by atoms with Crippen molar-refractivity contribution in [1.82, 2.24) is 34.9 Å². The molecule has 0 radical (unpaired) electrons. The fourth-order valence-electron chi connectivity index (χ4n) is 5.98. The number of ether oxygens (including phenoxy) is 2. The number of carbonyl (C=O) groups is 2. The van der Waals surface area contributed by atoms with Gasteiger partial charge in [-0.3, -0.25) is 24.4 Å².